The van der Waals surface area contributed by atoms with E-state index in [0.717, 1.165) is 12.1 Å². The topological polar surface area (TPSA) is 61.8 Å². The van der Waals surface area contributed by atoms with Crippen molar-refractivity contribution in [3.63, 3.8) is 0 Å². The molecule has 2 N–H and O–H groups in total. The standard InChI is InChI=1S/C14H22N2O3/c1-16(2)13-6-4-12(5-7-13)14(18)15-8-3-10-19-11-9-17/h4-7,17H,3,8-11H2,1-2H3,(H,15,18). The summed E-state index contributed by atoms with van der Waals surface area (Å²) in [6.07, 6.45) is 0.738. The van der Waals surface area contributed by atoms with Crippen LogP contribution in [-0.2, 0) is 4.74 Å². The number of hydrogen-bond acceptors (Lipinski definition) is 4. The number of aliphatic hydroxyl groups is 1. The van der Waals surface area contributed by atoms with E-state index in [9.17, 15) is 4.79 Å². The molecule has 0 fully saturated rings. The van der Waals surface area contributed by atoms with Crippen LogP contribution >= 0.6 is 0 Å². The van der Waals surface area contributed by atoms with Gasteiger partial charge in [0.05, 0.1) is 13.2 Å². The molecule has 5 heteroatoms. The van der Waals surface area contributed by atoms with E-state index in [2.05, 4.69) is 5.32 Å². The third-order valence-electron chi connectivity index (χ3n) is 2.63. The minimum absolute atomic E-state index is 0.0323. The van der Waals surface area contributed by atoms with Crippen LogP contribution in [0.5, 0.6) is 0 Å². The molecule has 1 aromatic rings. The van der Waals surface area contributed by atoms with Gasteiger partial charge >= 0.3 is 0 Å². The van der Waals surface area contributed by atoms with Crippen LogP contribution in [0.15, 0.2) is 24.3 Å². The zero-order chi connectivity index (χ0) is 14.1. The lowest BCUT2D eigenvalue weighted by molar-refractivity contribution is 0.0867. The quantitative estimate of drug-likeness (QED) is 0.686. The van der Waals surface area contributed by atoms with E-state index in [-0.39, 0.29) is 12.5 Å². The minimum atomic E-state index is -0.0764. The van der Waals surface area contributed by atoms with Crippen molar-refractivity contribution >= 4 is 11.6 Å². The molecular formula is C14H22N2O3. The van der Waals surface area contributed by atoms with E-state index in [1.807, 2.05) is 43.3 Å². The number of aliphatic hydroxyl groups excluding tert-OH is 1. The Hall–Kier alpha value is -1.59. The van der Waals surface area contributed by atoms with Crippen molar-refractivity contribution in [3.8, 4) is 0 Å². The molecule has 0 aromatic heterocycles. The van der Waals surface area contributed by atoms with Crippen LogP contribution in [0.1, 0.15) is 16.8 Å². The second kappa shape index (κ2) is 8.50. The van der Waals surface area contributed by atoms with Crippen LogP contribution in [0.25, 0.3) is 0 Å². The van der Waals surface area contributed by atoms with Crippen molar-refractivity contribution in [2.75, 3.05) is 45.4 Å². The number of nitrogens with zero attached hydrogens (tertiary/aromatic N) is 1. The van der Waals surface area contributed by atoms with Crippen molar-refractivity contribution in [1.82, 2.24) is 5.32 Å². The second-order valence-corrected chi connectivity index (χ2v) is 4.39. The van der Waals surface area contributed by atoms with Crippen LogP contribution in [-0.4, -0.2) is 51.5 Å². The zero-order valence-electron chi connectivity index (χ0n) is 11.6. The van der Waals surface area contributed by atoms with Gasteiger partial charge in [0.15, 0.2) is 0 Å². The Bertz CT molecular complexity index is 377. The smallest absolute Gasteiger partial charge is 0.251 e. The summed E-state index contributed by atoms with van der Waals surface area (Å²) in [4.78, 5) is 13.8. The van der Waals surface area contributed by atoms with E-state index < -0.39 is 0 Å². The predicted octanol–water partition coefficient (Wildman–Crippen LogP) is 0.881. The van der Waals surface area contributed by atoms with Gasteiger partial charge in [-0.1, -0.05) is 0 Å². The maximum atomic E-state index is 11.8. The fourth-order valence-corrected chi connectivity index (χ4v) is 1.56. The largest absolute Gasteiger partial charge is 0.394 e. The average molecular weight is 266 g/mol. The SMILES string of the molecule is CN(C)c1ccc(C(=O)NCCCOCCO)cc1. The zero-order valence-corrected chi connectivity index (χ0v) is 11.6. The molecule has 0 radical (unpaired) electrons. The molecule has 1 amide bonds. The number of anilines is 1. The van der Waals surface area contributed by atoms with Gasteiger partial charge in [-0.15, -0.1) is 0 Å². The first-order chi connectivity index (χ1) is 9.15. The Labute approximate surface area is 114 Å². The molecule has 0 aliphatic rings. The van der Waals surface area contributed by atoms with Gasteiger partial charge in [0.2, 0.25) is 0 Å². The molecule has 0 spiro atoms. The Balaban J connectivity index is 2.29. The Morgan fingerprint density at radius 1 is 1.26 bits per heavy atom. The Kier molecular flexibility index (Phi) is 6.92. The van der Waals surface area contributed by atoms with Crippen LogP contribution in [0.3, 0.4) is 0 Å². The summed E-state index contributed by atoms with van der Waals surface area (Å²) in [5.41, 5.74) is 1.72. The minimum Gasteiger partial charge on any atom is -0.394 e. The molecule has 1 aromatic carbocycles. The summed E-state index contributed by atoms with van der Waals surface area (Å²) >= 11 is 0. The maximum Gasteiger partial charge on any atom is 0.251 e. The highest BCUT2D eigenvalue weighted by Crippen LogP contribution is 2.11. The van der Waals surface area contributed by atoms with Crippen molar-refractivity contribution in [2.24, 2.45) is 0 Å². The Morgan fingerprint density at radius 2 is 1.95 bits per heavy atom. The lowest BCUT2D eigenvalue weighted by Gasteiger charge is -2.12. The number of nitrogens with one attached hydrogen (secondary N) is 1. The first kappa shape index (κ1) is 15.5. The highest BCUT2D eigenvalue weighted by molar-refractivity contribution is 5.94. The summed E-state index contributed by atoms with van der Waals surface area (Å²) in [7, 11) is 3.92. The number of benzene rings is 1. The van der Waals surface area contributed by atoms with Gasteiger partial charge in [0, 0.05) is 38.5 Å². The molecule has 106 valence electrons. The summed E-state index contributed by atoms with van der Waals surface area (Å²) in [5, 5.41) is 11.4. The van der Waals surface area contributed by atoms with Gasteiger partial charge in [-0.3, -0.25) is 4.79 Å². The third kappa shape index (κ3) is 5.72. The second-order valence-electron chi connectivity index (χ2n) is 4.39. The van der Waals surface area contributed by atoms with Crippen LogP contribution < -0.4 is 10.2 Å². The molecular weight excluding hydrogens is 244 g/mol. The lowest BCUT2D eigenvalue weighted by atomic mass is 10.2. The molecule has 0 aliphatic carbocycles. The average Bonchev–Trinajstić information content (AvgIpc) is 2.42. The molecule has 0 heterocycles. The summed E-state index contributed by atoms with van der Waals surface area (Å²) in [6, 6.07) is 7.46. The van der Waals surface area contributed by atoms with Gasteiger partial charge < -0.3 is 20.1 Å². The van der Waals surface area contributed by atoms with Crippen LogP contribution in [0, 0.1) is 0 Å². The predicted molar refractivity (Wildman–Crippen MR) is 75.6 cm³/mol. The van der Waals surface area contributed by atoms with Crippen LogP contribution in [0.2, 0.25) is 0 Å². The van der Waals surface area contributed by atoms with Gasteiger partial charge in [-0.05, 0) is 30.7 Å². The van der Waals surface area contributed by atoms with Gasteiger partial charge in [-0.25, -0.2) is 0 Å². The molecule has 5 nitrogen and oxygen atoms in total. The molecule has 0 bridgehead atoms. The van der Waals surface area contributed by atoms with E-state index in [4.69, 9.17) is 9.84 Å². The number of rotatable bonds is 8. The van der Waals surface area contributed by atoms with Crippen LogP contribution in [0.4, 0.5) is 5.69 Å². The van der Waals surface area contributed by atoms with E-state index in [1.165, 1.54) is 0 Å². The molecule has 0 atom stereocenters. The first-order valence-corrected chi connectivity index (χ1v) is 6.39. The number of carbonyl (C=O) groups excluding carboxylic acids is 1. The van der Waals surface area contributed by atoms with Crippen molar-refractivity contribution in [3.05, 3.63) is 29.8 Å². The summed E-state index contributed by atoms with van der Waals surface area (Å²) in [6.45, 7) is 1.49. The van der Waals surface area contributed by atoms with E-state index in [1.54, 1.807) is 0 Å². The molecule has 0 saturated heterocycles. The molecule has 0 saturated carbocycles. The lowest BCUT2D eigenvalue weighted by Crippen LogP contribution is -2.25. The van der Waals surface area contributed by atoms with Gasteiger partial charge in [0.25, 0.3) is 5.91 Å². The Morgan fingerprint density at radius 3 is 2.53 bits per heavy atom. The van der Waals surface area contributed by atoms with E-state index >= 15 is 0 Å². The third-order valence-corrected chi connectivity index (χ3v) is 2.63. The first-order valence-electron chi connectivity index (χ1n) is 6.39. The summed E-state index contributed by atoms with van der Waals surface area (Å²) in [5.74, 6) is -0.0764. The number of carbonyl (C=O) groups is 1. The van der Waals surface area contributed by atoms with Gasteiger partial charge in [-0.2, -0.15) is 0 Å². The van der Waals surface area contributed by atoms with Gasteiger partial charge in [0.1, 0.15) is 0 Å². The highest BCUT2D eigenvalue weighted by Gasteiger charge is 2.04. The fraction of sp³-hybridized carbons (Fsp3) is 0.500. The van der Waals surface area contributed by atoms with E-state index in [0.29, 0.717) is 25.3 Å². The molecule has 1 rings (SSSR count). The fourth-order valence-electron chi connectivity index (χ4n) is 1.56. The monoisotopic (exact) mass is 266 g/mol. The number of ether oxygens (including phenoxy) is 1. The van der Waals surface area contributed by atoms with Crippen molar-refractivity contribution in [1.29, 1.82) is 0 Å². The number of hydrogen-bond donors (Lipinski definition) is 2. The van der Waals surface area contributed by atoms with Crippen molar-refractivity contribution < 1.29 is 14.6 Å². The molecule has 0 aliphatic heterocycles. The highest BCUT2D eigenvalue weighted by atomic mass is 16.5. The maximum absolute atomic E-state index is 11.8. The van der Waals surface area contributed by atoms with Crippen molar-refractivity contribution in [2.45, 2.75) is 6.42 Å². The molecule has 19 heavy (non-hydrogen) atoms. The normalized spacial score (nSPS) is 10.3. The molecule has 0 unspecified atom stereocenters. The number of amides is 1. The summed E-state index contributed by atoms with van der Waals surface area (Å²) < 4.78 is 5.11.